The Hall–Kier alpha value is -2.20. The molecule has 1 aromatic carbocycles. The molecule has 2 heterocycles. The van der Waals surface area contributed by atoms with Crippen LogP contribution in [0.4, 0.5) is 5.69 Å². The van der Waals surface area contributed by atoms with Crippen LogP contribution < -0.4 is 5.73 Å². The smallest absolute Gasteiger partial charge is 0.0993 e. The first-order valence-corrected chi connectivity index (χ1v) is 7.32. The fraction of sp³-hybridized carbons (Fsp3) is 0.125. The summed E-state index contributed by atoms with van der Waals surface area (Å²) in [4.78, 5) is 9.03. The van der Waals surface area contributed by atoms with E-state index in [-0.39, 0.29) is 0 Å². The highest BCUT2D eigenvalue weighted by molar-refractivity contribution is 7.10. The van der Waals surface area contributed by atoms with E-state index < -0.39 is 0 Å². The molecule has 0 saturated heterocycles. The molecule has 2 N–H and O–H groups in total. The predicted molar refractivity (Wildman–Crippen MR) is 83.7 cm³/mol. The number of rotatable bonds is 3. The van der Waals surface area contributed by atoms with Gasteiger partial charge < -0.3 is 5.73 Å². The number of anilines is 1. The Bertz CT molecular complexity index is 720. The van der Waals surface area contributed by atoms with Gasteiger partial charge in [0, 0.05) is 23.6 Å². The van der Waals surface area contributed by atoms with Gasteiger partial charge in [0.15, 0.2) is 0 Å². The first-order chi connectivity index (χ1) is 9.74. The van der Waals surface area contributed by atoms with Gasteiger partial charge in [-0.1, -0.05) is 30.3 Å². The molecule has 0 aliphatic carbocycles. The highest BCUT2D eigenvalue weighted by Crippen LogP contribution is 2.24. The summed E-state index contributed by atoms with van der Waals surface area (Å²) < 4.78 is 0. The van der Waals surface area contributed by atoms with Crippen molar-refractivity contribution in [1.29, 1.82) is 0 Å². The van der Waals surface area contributed by atoms with Gasteiger partial charge in [-0.05, 0) is 18.6 Å². The van der Waals surface area contributed by atoms with Crippen molar-refractivity contribution in [3.63, 3.8) is 0 Å². The highest BCUT2D eigenvalue weighted by atomic mass is 32.1. The third kappa shape index (κ3) is 2.56. The molecular formula is C16H15N3S. The molecule has 0 aliphatic rings. The lowest BCUT2D eigenvalue weighted by atomic mass is 10.1. The van der Waals surface area contributed by atoms with Gasteiger partial charge in [0.1, 0.15) is 0 Å². The standard InChI is InChI=1S/C16H15N3S/c1-11-7-8-18-13(16(11)17)9-15-19-14(10-20-15)12-5-3-2-4-6-12/h2-8,10H,9,17H2,1H3. The van der Waals surface area contributed by atoms with Gasteiger partial charge in [-0.3, -0.25) is 4.98 Å². The van der Waals surface area contributed by atoms with Crippen LogP contribution >= 0.6 is 11.3 Å². The summed E-state index contributed by atoms with van der Waals surface area (Å²) >= 11 is 1.65. The molecule has 4 heteroatoms. The topological polar surface area (TPSA) is 51.8 Å². The van der Waals surface area contributed by atoms with Crippen molar-refractivity contribution < 1.29 is 0 Å². The molecule has 2 aromatic heterocycles. The average Bonchev–Trinajstić information content (AvgIpc) is 2.93. The molecule has 0 unspecified atom stereocenters. The monoisotopic (exact) mass is 281 g/mol. The van der Waals surface area contributed by atoms with Crippen LogP contribution in [0, 0.1) is 6.92 Å². The molecule has 0 fully saturated rings. The molecule has 0 radical (unpaired) electrons. The van der Waals surface area contributed by atoms with E-state index in [0.29, 0.717) is 6.42 Å². The lowest BCUT2D eigenvalue weighted by molar-refractivity contribution is 1.05. The molecule has 3 nitrogen and oxygen atoms in total. The molecular weight excluding hydrogens is 266 g/mol. The molecule has 0 amide bonds. The van der Waals surface area contributed by atoms with Crippen LogP contribution in [-0.4, -0.2) is 9.97 Å². The summed E-state index contributed by atoms with van der Waals surface area (Å²) in [6.07, 6.45) is 2.48. The van der Waals surface area contributed by atoms with E-state index in [4.69, 9.17) is 5.73 Å². The van der Waals surface area contributed by atoms with Crippen molar-refractivity contribution in [3.05, 3.63) is 64.2 Å². The SMILES string of the molecule is Cc1ccnc(Cc2nc(-c3ccccc3)cs2)c1N. The minimum absolute atomic E-state index is 0.686. The lowest BCUT2D eigenvalue weighted by Gasteiger charge is -2.05. The molecule has 3 rings (SSSR count). The van der Waals surface area contributed by atoms with Gasteiger partial charge in [-0.25, -0.2) is 4.98 Å². The van der Waals surface area contributed by atoms with Crippen LogP contribution in [-0.2, 0) is 6.42 Å². The van der Waals surface area contributed by atoms with E-state index in [2.05, 4.69) is 27.5 Å². The van der Waals surface area contributed by atoms with Gasteiger partial charge >= 0.3 is 0 Å². The number of benzene rings is 1. The van der Waals surface area contributed by atoms with Crippen molar-refractivity contribution in [2.45, 2.75) is 13.3 Å². The van der Waals surface area contributed by atoms with Crippen molar-refractivity contribution in [1.82, 2.24) is 9.97 Å². The van der Waals surface area contributed by atoms with Gasteiger partial charge in [0.2, 0.25) is 0 Å². The predicted octanol–water partition coefficient (Wildman–Crippen LogP) is 3.69. The van der Waals surface area contributed by atoms with Crippen molar-refractivity contribution in [3.8, 4) is 11.3 Å². The number of hydrogen-bond acceptors (Lipinski definition) is 4. The molecule has 0 spiro atoms. The Morgan fingerprint density at radius 2 is 1.95 bits per heavy atom. The number of nitrogens with zero attached hydrogens (tertiary/aromatic N) is 2. The van der Waals surface area contributed by atoms with Crippen LogP contribution in [0.15, 0.2) is 48.0 Å². The molecule has 0 saturated carbocycles. The number of aromatic nitrogens is 2. The summed E-state index contributed by atoms with van der Waals surface area (Å²) in [5, 5.41) is 3.12. The Balaban J connectivity index is 1.86. The fourth-order valence-corrected chi connectivity index (χ4v) is 2.85. The number of hydrogen-bond donors (Lipinski definition) is 1. The minimum Gasteiger partial charge on any atom is -0.397 e. The van der Waals surface area contributed by atoms with E-state index in [9.17, 15) is 0 Å². The van der Waals surface area contributed by atoms with Crippen LogP contribution in [0.3, 0.4) is 0 Å². The first-order valence-electron chi connectivity index (χ1n) is 6.44. The van der Waals surface area contributed by atoms with E-state index in [1.54, 1.807) is 17.5 Å². The van der Waals surface area contributed by atoms with Gasteiger partial charge in [-0.2, -0.15) is 0 Å². The van der Waals surface area contributed by atoms with Gasteiger partial charge in [-0.15, -0.1) is 11.3 Å². The largest absolute Gasteiger partial charge is 0.397 e. The normalized spacial score (nSPS) is 10.7. The average molecular weight is 281 g/mol. The van der Waals surface area contributed by atoms with Crippen molar-refractivity contribution >= 4 is 17.0 Å². The Labute approximate surface area is 122 Å². The number of aryl methyl sites for hydroxylation is 1. The lowest BCUT2D eigenvalue weighted by Crippen LogP contribution is -2.00. The number of nitrogen functional groups attached to an aromatic ring is 1. The second-order valence-corrected chi connectivity index (χ2v) is 5.60. The summed E-state index contributed by atoms with van der Waals surface area (Å²) in [5.74, 6) is 0. The van der Waals surface area contributed by atoms with E-state index in [1.807, 2.05) is 31.2 Å². The molecule has 3 aromatic rings. The first kappa shape index (κ1) is 12.8. The Morgan fingerprint density at radius 1 is 1.15 bits per heavy atom. The maximum Gasteiger partial charge on any atom is 0.0993 e. The fourth-order valence-electron chi connectivity index (χ4n) is 2.04. The quantitative estimate of drug-likeness (QED) is 0.796. The zero-order chi connectivity index (χ0) is 13.9. The second-order valence-electron chi connectivity index (χ2n) is 4.66. The zero-order valence-corrected chi connectivity index (χ0v) is 12.0. The van der Waals surface area contributed by atoms with Gasteiger partial charge in [0.05, 0.1) is 22.1 Å². The highest BCUT2D eigenvalue weighted by Gasteiger charge is 2.09. The zero-order valence-electron chi connectivity index (χ0n) is 11.2. The van der Waals surface area contributed by atoms with Crippen LogP contribution in [0.1, 0.15) is 16.3 Å². The maximum atomic E-state index is 6.06. The van der Waals surface area contributed by atoms with Crippen molar-refractivity contribution in [2.75, 3.05) is 5.73 Å². The van der Waals surface area contributed by atoms with Crippen LogP contribution in [0.5, 0.6) is 0 Å². The number of nitrogens with two attached hydrogens (primary N) is 1. The van der Waals surface area contributed by atoms with E-state index >= 15 is 0 Å². The Morgan fingerprint density at radius 3 is 2.75 bits per heavy atom. The van der Waals surface area contributed by atoms with Crippen LogP contribution in [0.25, 0.3) is 11.3 Å². The van der Waals surface area contributed by atoms with E-state index in [1.165, 1.54) is 0 Å². The molecule has 0 atom stereocenters. The van der Waals surface area contributed by atoms with Crippen LogP contribution in [0.2, 0.25) is 0 Å². The summed E-state index contributed by atoms with van der Waals surface area (Å²) in [6, 6.07) is 12.1. The molecule has 0 aliphatic heterocycles. The number of thiazole rings is 1. The van der Waals surface area contributed by atoms with Crippen molar-refractivity contribution in [2.24, 2.45) is 0 Å². The molecule has 20 heavy (non-hydrogen) atoms. The maximum absolute atomic E-state index is 6.06. The summed E-state index contributed by atoms with van der Waals surface area (Å²) in [7, 11) is 0. The third-order valence-electron chi connectivity index (χ3n) is 3.23. The summed E-state index contributed by atoms with van der Waals surface area (Å²) in [6.45, 7) is 2.00. The molecule has 100 valence electrons. The van der Waals surface area contributed by atoms with E-state index in [0.717, 1.165) is 33.2 Å². The number of pyridine rings is 1. The third-order valence-corrected chi connectivity index (χ3v) is 4.08. The second kappa shape index (κ2) is 5.43. The Kier molecular flexibility index (Phi) is 3.48. The molecule has 0 bridgehead atoms. The summed E-state index contributed by atoms with van der Waals surface area (Å²) in [5.41, 5.74) is 10.9. The van der Waals surface area contributed by atoms with Gasteiger partial charge in [0.25, 0.3) is 0 Å². The minimum atomic E-state index is 0.686.